The Labute approximate surface area is 67.0 Å². The van der Waals surface area contributed by atoms with Gasteiger partial charge in [0.25, 0.3) is 0 Å². The minimum Gasteiger partial charge on any atom is -0.469 e. The van der Waals surface area contributed by atoms with E-state index < -0.39 is 0 Å². The van der Waals surface area contributed by atoms with Crippen LogP contribution in [0.1, 0.15) is 11.3 Å². The Hall–Kier alpha value is -0.470. The molecule has 0 saturated heterocycles. The number of hydrogen-bond acceptors (Lipinski definition) is 2. The summed E-state index contributed by atoms with van der Waals surface area (Å²) >= 11 is 0. The zero-order chi connectivity index (χ0) is 6.69. The fourth-order valence-corrected chi connectivity index (χ4v) is 0.785. The van der Waals surface area contributed by atoms with Crippen molar-refractivity contribution >= 4 is 12.4 Å². The van der Waals surface area contributed by atoms with Crippen molar-refractivity contribution in [1.29, 1.82) is 0 Å². The van der Waals surface area contributed by atoms with Gasteiger partial charge < -0.3 is 9.73 Å². The SMILES string of the molecule is CNCc1ccoc1C.Cl. The number of furan rings is 1. The topological polar surface area (TPSA) is 25.2 Å². The van der Waals surface area contributed by atoms with Crippen LogP contribution < -0.4 is 5.32 Å². The lowest BCUT2D eigenvalue weighted by molar-refractivity contribution is 0.528. The largest absolute Gasteiger partial charge is 0.469 e. The number of hydrogen-bond donors (Lipinski definition) is 1. The Balaban J connectivity index is 0.000000810. The smallest absolute Gasteiger partial charge is 0.105 e. The van der Waals surface area contributed by atoms with Gasteiger partial charge in [0.05, 0.1) is 6.26 Å². The second-order valence-electron chi connectivity index (χ2n) is 2.03. The molecule has 10 heavy (non-hydrogen) atoms. The van der Waals surface area contributed by atoms with Gasteiger partial charge >= 0.3 is 0 Å². The van der Waals surface area contributed by atoms with Crippen LogP contribution in [-0.2, 0) is 6.54 Å². The summed E-state index contributed by atoms with van der Waals surface area (Å²) in [6.07, 6.45) is 1.71. The summed E-state index contributed by atoms with van der Waals surface area (Å²) in [6, 6.07) is 1.98. The Morgan fingerprint density at radius 1 is 1.60 bits per heavy atom. The van der Waals surface area contributed by atoms with Crippen molar-refractivity contribution in [3.63, 3.8) is 0 Å². The van der Waals surface area contributed by atoms with Crippen LogP contribution in [0.2, 0.25) is 0 Å². The van der Waals surface area contributed by atoms with Gasteiger partial charge in [-0.1, -0.05) is 0 Å². The maximum absolute atomic E-state index is 5.08. The second kappa shape index (κ2) is 4.36. The quantitative estimate of drug-likeness (QED) is 0.715. The van der Waals surface area contributed by atoms with E-state index in [-0.39, 0.29) is 12.4 Å². The fraction of sp³-hybridized carbons (Fsp3) is 0.429. The van der Waals surface area contributed by atoms with Gasteiger partial charge in [0, 0.05) is 12.1 Å². The van der Waals surface area contributed by atoms with Crippen molar-refractivity contribution in [2.45, 2.75) is 13.5 Å². The van der Waals surface area contributed by atoms with E-state index in [4.69, 9.17) is 4.42 Å². The van der Waals surface area contributed by atoms with Gasteiger partial charge in [-0.05, 0) is 20.0 Å². The maximum atomic E-state index is 5.08. The van der Waals surface area contributed by atoms with Crippen LogP contribution in [-0.4, -0.2) is 7.05 Å². The van der Waals surface area contributed by atoms with E-state index in [9.17, 15) is 0 Å². The average Bonchev–Trinajstić information content (AvgIpc) is 2.18. The molecule has 1 heterocycles. The van der Waals surface area contributed by atoms with Gasteiger partial charge in [-0.3, -0.25) is 0 Å². The zero-order valence-electron chi connectivity index (χ0n) is 6.18. The van der Waals surface area contributed by atoms with E-state index in [1.54, 1.807) is 6.26 Å². The van der Waals surface area contributed by atoms with Crippen LogP contribution in [0.25, 0.3) is 0 Å². The summed E-state index contributed by atoms with van der Waals surface area (Å²) < 4.78 is 5.08. The van der Waals surface area contributed by atoms with Gasteiger partial charge in [-0.25, -0.2) is 0 Å². The van der Waals surface area contributed by atoms with Gasteiger partial charge in [-0.2, -0.15) is 0 Å². The van der Waals surface area contributed by atoms with Crippen molar-refractivity contribution in [3.8, 4) is 0 Å². The molecule has 1 rings (SSSR count). The molecule has 0 bridgehead atoms. The lowest BCUT2D eigenvalue weighted by atomic mass is 10.3. The van der Waals surface area contributed by atoms with Crippen LogP contribution in [0.5, 0.6) is 0 Å². The van der Waals surface area contributed by atoms with Gasteiger partial charge in [0.15, 0.2) is 0 Å². The first kappa shape index (κ1) is 9.53. The van der Waals surface area contributed by atoms with E-state index in [1.807, 2.05) is 20.0 Å². The monoisotopic (exact) mass is 161 g/mol. The third-order valence-corrected chi connectivity index (χ3v) is 1.33. The van der Waals surface area contributed by atoms with Crippen molar-refractivity contribution < 1.29 is 4.42 Å². The lowest BCUT2D eigenvalue weighted by Gasteiger charge is -1.93. The van der Waals surface area contributed by atoms with Crippen LogP contribution in [0.4, 0.5) is 0 Å². The molecule has 0 amide bonds. The van der Waals surface area contributed by atoms with Gasteiger partial charge in [0.1, 0.15) is 5.76 Å². The molecule has 0 aliphatic carbocycles. The van der Waals surface area contributed by atoms with Crippen molar-refractivity contribution in [2.75, 3.05) is 7.05 Å². The van der Waals surface area contributed by atoms with Crippen molar-refractivity contribution in [2.24, 2.45) is 0 Å². The van der Waals surface area contributed by atoms with E-state index in [0.717, 1.165) is 12.3 Å². The summed E-state index contributed by atoms with van der Waals surface area (Å²) in [7, 11) is 1.92. The highest BCUT2D eigenvalue weighted by Gasteiger charge is 1.96. The summed E-state index contributed by atoms with van der Waals surface area (Å²) in [4.78, 5) is 0. The summed E-state index contributed by atoms with van der Waals surface area (Å²) in [5.41, 5.74) is 1.23. The Morgan fingerprint density at radius 2 is 2.30 bits per heavy atom. The van der Waals surface area contributed by atoms with E-state index in [2.05, 4.69) is 5.32 Å². The first-order valence-electron chi connectivity index (χ1n) is 3.02. The number of nitrogens with one attached hydrogen (secondary N) is 1. The molecular formula is C7H12ClNO. The molecule has 2 nitrogen and oxygen atoms in total. The average molecular weight is 162 g/mol. The molecule has 1 aromatic heterocycles. The predicted octanol–water partition coefficient (Wildman–Crippen LogP) is 1.73. The lowest BCUT2D eigenvalue weighted by Crippen LogP contribution is -2.04. The van der Waals surface area contributed by atoms with Gasteiger partial charge in [-0.15, -0.1) is 12.4 Å². The molecule has 0 saturated carbocycles. The molecule has 0 aromatic carbocycles. The Bertz CT molecular complexity index is 185. The highest BCUT2D eigenvalue weighted by Crippen LogP contribution is 2.06. The molecule has 58 valence electrons. The van der Waals surface area contributed by atoms with Crippen LogP contribution >= 0.6 is 12.4 Å². The highest BCUT2D eigenvalue weighted by atomic mass is 35.5. The molecule has 1 aromatic rings. The van der Waals surface area contributed by atoms with Gasteiger partial charge in [0.2, 0.25) is 0 Å². The third kappa shape index (κ3) is 2.05. The highest BCUT2D eigenvalue weighted by molar-refractivity contribution is 5.85. The summed E-state index contributed by atoms with van der Waals surface area (Å²) in [6.45, 7) is 2.86. The zero-order valence-corrected chi connectivity index (χ0v) is 6.99. The second-order valence-corrected chi connectivity index (χ2v) is 2.03. The van der Waals surface area contributed by atoms with Crippen LogP contribution in [0, 0.1) is 6.92 Å². The molecule has 0 unspecified atom stereocenters. The van der Waals surface area contributed by atoms with Crippen LogP contribution in [0.3, 0.4) is 0 Å². The van der Waals surface area contributed by atoms with Crippen LogP contribution in [0.15, 0.2) is 16.7 Å². The number of halogens is 1. The minimum absolute atomic E-state index is 0. The van der Waals surface area contributed by atoms with E-state index in [0.29, 0.717) is 0 Å². The number of aryl methyl sites for hydroxylation is 1. The molecule has 0 spiro atoms. The fourth-order valence-electron chi connectivity index (χ4n) is 0.785. The standard InChI is InChI=1S/C7H11NO.ClH/c1-6-7(5-8-2)3-4-9-6;/h3-4,8H,5H2,1-2H3;1H. The number of rotatable bonds is 2. The molecular weight excluding hydrogens is 150 g/mol. The maximum Gasteiger partial charge on any atom is 0.105 e. The molecule has 1 N–H and O–H groups in total. The van der Waals surface area contributed by atoms with E-state index in [1.165, 1.54) is 5.56 Å². The molecule has 3 heteroatoms. The molecule has 0 aliphatic rings. The molecule has 0 atom stereocenters. The molecule has 0 fully saturated rings. The molecule has 0 aliphatic heterocycles. The Morgan fingerprint density at radius 3 is 2.70 bits per heavy atom. The molecule has 0 radical (unpaired) electrons. The third-order valence-electron chi connectivity index (χ3n) is 1.33. The van der Waals surface area contributed by atoms with E-state index >= 15 is 0 Å². The predicted molar refractivity (Wildman–Crippen MR) is 43.5 cm³/mol. The van der Waals surface area contributed by atoms with Crippen molar-refractivity contribution in [1.82, 2.24) is 5.32 Å². The summed E-state index contributed by atoms with van der Waals surface area (Å²) in [5, 5.41) is 3.05. The normalized spacial score (nSPS) is 9.00. The summed E-state index contributed by atoms with van der Waals surface area (Å²) in [5.74, 6) is 1.00. The minimum atomic E-state index is 0. The Kier molecular flexibility index (Phi) is 4.16. The first-order chi connectivity index (χ1) is 4.34. The van der Waals surface area contributed by atoms with Crippen molar-refractivity contribution in [3.05, 3.63) is 23.7 Å². The first-order valence-corrected chi connectivity index (χ1v) is 3.02.